The number of likely N-dealkylation sites (tertiary alicyclic amines) is 1. The molecule has 4 nitrogen and oxygen atoms in total. The number of carbonyl (C=O) groups is 1. The number of carbonyl (C=O) groups excluding carboxylic acids is 1. The summed E-state index contributed by atoms with van der Waals surface area (Å²) in [5, 5.41) is 3.28. The zero-order chi connectivity index (χ0) is 12.4. The van der Waals surface area contributed by atoms with E-state index >= 15 is 0 Å². The minimum absolute atomic E-state index is 0.0230. The first-order chi connectivity index (χ1) is 7.26. The molecule has 1 aliphatic heterocycles. The third-order valence-electron chi connectivity index (χ3n) is 2.95. The average Bonchev–Trinajstić information content (AvgIpc) is 2.15. The highest BCUT2D eigenvalue weighted by atomic mass is 16.6. The van der Waals surface area contributed by atoms with Crippen LogP contribution in [0.3, 0.4) is 0 Å². The summed E-state index contributed by atoms with van der Waals surface area (Å²) in [5.41, 5.74) is -0.389. The summed E-state index contributed by atoms with van der Waals surface area (Å²) >= 11 is 0. The lowest BCUT2D eigenvalue weighted by atomic mass is 9.92. The average molecular weight is 228 g/mol. The molecule has 1 N–H and O–H groups in total. The second kappa shape index (κ2) is 4.62. The van der Waals surface area contributed by atoms with E-state index in [-0.39, 0.29) is 11.6 Å². The molecule has 0 spiro atoms. The van der Waals surface area contributed by atoms with Gasteiger partial charge in [0.1, 0.15) is 5.60 Å². The van der Waals surface area contributed by atoms with E-state index in [1.807, 2.05) is 27.8 Å². The van der Waals surface area contributed by atoms with Crippen molar-refractivity contribution in [1.82, 2.24) is 10.2 Å². The van der Waals surface area contributed by atoms with Crippen molar-refractivity contribution >= 4 is 6.09 Å². The zero-order valence-electron chi connectivity index (χ0n) is 11.1. The molecule has 1 rings (SSSR count). The van der Waals surface area contributed by atoms with Crippen LogP contribution in [0.25, 0.3) is 0 Å². The molecule has 1 aliphatic rings. The highest BCUT2D eigenvalue weighted by molar-refractivity contribution is 5.68. The van der Waals surface area contributed by atoms with Crippen LogP contribution in [0.4, 0.5) is 4.79 Å². The molecule has 16 heavy (non-hydrogen) atoms. The second-order valence-electron chi connectivity index (χ2n) is 5.82. The fraction of sp³-hybridized carbons (Fsp3) is 0.917. The van der Waals surface area contributed by atoms with Crippen molar-refractivity contribution in [2.45, 2.75) is 51.7 Å². The van der Waals surface area contributed by atoms with E-state index in [0.29, 0.717) is 0 Å². The van der Waals surface area contributed by atoms with Crippen molar-refractivity contribution in [3.63, 3.8) is 0 Å². The van der Waals surface area contributed by atoms with E-state index < -0.39 is 5.60 Å². The van der Waals surface area contributed by atoms with E-state index in [9.17, 15) is 4.79 Å². The first-order valence-corrected chi connectivity index (χ1v) is 5.93. The molecule has 0 radical (unpaired) electrons. The number of piperidine rings is 1. The van der Waals surface area contributed by atoms with E-state index in [1.165, 1.54) is 0 Å². The standard InChI is InChI=1S/C12H24N2O2/c1-11(2,3)16-10(15)14-8-6-7-12(4,9-14)13-5/h13H,6-9H2,1-5H3. The Hall–Kier alpha value is -0.770. The van der Waals surface area contributed by atoms with Crippen LogP contribution in [-0.2, 0) is 4.74 Å². The molecule has 1 fully saturated rings. The molecule has 1 atom stereocenters. The number of nitrogens with one attached hydrogen (secondary N) is 1. The number of ether oxygens (including phenoxy) is 1. The molecule has 1 unspecified atom stereocenters. The molecule has 0 aliphatic carbocycles. The van der Waals surface area contributed by atoms with Gasteiger partial charge in [0.15, 0.2) is 0 Å². The first-order valence-electron chi connectivity index (χ1n) is 5.93. The van der Waals surface area contributed by atoms with Crippen molar-refractivity contribution in [2.75, 3.05) is 20.1 Å². The van der Waals surface area contributed by atoms with Crippen LogP contribution in [0.2, 0.25) is 0 Å². The Kier molecular flexibility index (Phi) is 3.84. The minimum atomic E-state index is -0.412. The maximum Gasteiger partial charge on any atom is 0.410 e. The molecular weight excluding hydrogens is 204 g/mol. The van der Waals surface area contributed by atoms with Gasteiger partial charge in [-0.3, -0.25) is 0 Å². The lowest BCUT2D eigenvalue weighted by Crippen LogP contribution is -2.55. The molecule has 0 aromatic carbocycles. The quantitative estimate of drug-likeness (QED) is 0.746. The molecule has 0 aromatic rings. The summed E-state index contributed by atoms with van der Waals surface area (Å²) in [5.74, 6) is 0. The molecular formula is C12H24N2O2. The van der Waals surface area contributed by atoms with Crippen LogP contribution in [0.15, 0.2) is 0 Å². The lowest BCUT2D eigenvalue weighted by molar-refractivity contribution is 0.0130. The van der Waals surface area contributed by atoms with E-state index in [4.69, 9.17) is 4.74 Å². The Morgan fingerprint density at radius 2 is 2.06 bits per heavy atom. The van der Waals surface area contributed by atoms with Gasteiger partial charge >= 0.3 is 6.09 Å². The summed E-state index contributed by atoms with van der Waals surface area (Å²) < 4.78 is 5.37. The lowest BCUT2D eigenvalue weighted by Gasteiger charge is -2.40. The van der Waals surface area contributed by atoms with Crippen LogP contribution in [0.5, 0.6) is 0 Å². The Bertz CT molecular complexity index is 260. The molecule has 1 amide bonds. The Labute approximate surface area is 98.3 Å². The highest BCUT2D eigenvalue weighted by Crippen LogP contribution is 2.22. The second-order valence-corrected chi connectivity index (χ2v) is 5.82. The molecule has 1 saturated heterocycles. The third kappa shape index (κ3) is 3.67. The Balaban J connectivity index is 2.57. The van der Waals surface area contributed by atoms with Crippen LogP contribution in [-0.4, -0.2) is 42.3 Å². The van der Waals surface area contributed by atoms with Crippen LogP contribution >= 0.6 is 0 Å². The van der Waals surface area contributed by atoms with Gasteiger partial charge < -0.3 is 15.0 Å². The Morgan fingerprint density at radius 1 is 1.44 bits per heavy atom. The highest BCUT2D eigenvalue weighted by Gasteiger charge is 2.33. The monoisotopic (exact) mass is 228 g/mol. The van der Waals surface area contributed by atoms with Gasteiger partial charge in [0.05, 0.1) is 0 Å². The van der Waals surface area contributed by atoms with E-state index in [2.05, 4.69) is 12.2 Å². The zero-order valence-corrected chi connectivity index (χ0v) is 11.1. The van der Waals surface area contributed by atoms with Crippen molar-refractivity contribution in [1.29, 1.82) is 0 Å². The van der Waals surface area contributed by atoms with Gasteiger partial charge in [0, 0.05) is 18.6 Å². The summed E-state index contributed by atoms with van der Waals surface area (Å²) in [7, 11) is 1.94. The fourth-order valence-corrected chi connectivity index (χ4v) is 1.93. The maximum atomic E-state index is 11.9. The molecule has 1 heterocycles. The van der Waals surface area contributed by atoms with Crippen LogP contribution in [0, 0.1) is 0 Å². The molecule has 4 heteroatoms. The predicted octanol–water partition coefficient (Wildman–Crippen LogP) is 2.00. The summed E-state index contributed by atoms with van der Waals surface area (Å²) in [6, 6.07) is 0. The van der Waals surface area contributed by atoms with Gasteiger partial charge in [-0.1, -0.05) is 0 Å². The number of hydrogen-bond donors (Lipinski definition) is 1. The Morgan fingerprint density at radius 3 is 2.56 bits per heavy atom. The number of nitrogens with zero attached hydrogens (tertiary/aromatic N) is 1. The molecule has 0 saturated carbocycles. The first kappa shape index (κ1) is 13.3. The third-order valence-corrected chi connectivity index (χ3v) is 2.95. The van der Waals surface area contributed by atoms with Gasteiger partial charge in [0.2, 0.25) is 0 Å². The van der Waals surface area contributed by atoms with Gasteiger partial charge in [-0.2, -0.15) is 0 Å². The van der Waals surface area contributed by atoms with Crippen LogP contribution < -0.4 is 5.32 Å². The van der Waals surface area contributed by atoms with Gasteiger partial charge in [0.25, 0.3) is 0 Å². The molecule has 94 valence electrons. The van der Waals surface area contributed by atoms with E-state index in [0.717, 1.165) is 25.9 Å². The largest absolute Gasteiger partial charge is 0.444 e. The fourth-order valence-electron chi connectivity index (χ4n) is 1.93. The summed E-state index contributed by atoms with van der Waals surface area (Å²) in [6.07, 6.45) is 1.92. The summed E-state index contributed by atoms with van der Waals surface area (Å²) in [4.78, 5) is 13.7. The van der Waals surface area contributed by atoms with Crippen molar-refractivity contribution in [3.05, 3.63) is 0 Å². The normalized spacial score (nSPS) is 26.7. The number of rotatable bonds is 1. The number of likely N-dealkylation sites (N-methyl/N-ethyl adjacent to an activating group) is 1. The number of amides is 1. The van der Waals surface area contributed by atoms with Gasteiger partial charge in [-0.15, -0.1) is 0 Å². The minimum Gasteiger partial charge on any atom is -0.444 e. The summed E-state index contributed by atoms with van der Waals surface area (Å²) in [6.45, 7) is 9.35. The predicted molar refractivity (Wildman–Crippen MR) is 64.5 cm³/mol. The van der Waals surface area contributed by atoms with Crippen molar-refractivity contribution < 1.29 is 9.53 Å². The smallest absolute Gasteiger partial charge is 0.410 e. The van der Waals surface area contributed by atoms with Gasteiger partial charge in [-0.05, 0) is 47.6 Å². The SMILES string of the molecule is CNC1(C)CCCN(C(=O)OC(C)(C)C)C1. The molecule has 0 aromatic heterocycles. The van der Waals surface area contributed by atoms with Crippen molar-refractivity contribution in [2.24, 2.45) is 0 Å². The topological polar surface area (TPSA) is 41.6 Å². The number of hydrogen-bond acceptors (Lipinski definition) is 3. The van der Waals surface area contributed by atoms with Crippen molar-refractivity contribution in [3.8, 4) is 0 Å². The molecule has 0 bridgehead atoms. The maximum absolute atomic E-state index is 11.9. The van der Waals surface area contributed by atoms with Gasteiger partial charge in [-0.25, -0.2) is 4.79 Å². The van der Waals surface area contributed by atoms with E-state index in [1.54, 1.807) is 4.90 Å². The van der Waals surface area contributed by atoms with Crippen LogP contribution in [0.1, 0.15) is 40.5 Å².